The molecule has 1 amide bonds. The third-order valence-electron chi connectivity index (χ3n) is 4.32. The van der Waals surface area contributed by atoms with Crippen molar-refractivity contribution in [3.05, 3.63) is 11.1 Å². The third kappa shape index (κ3) is 4.80. The topological polar surface area (TPSA) is 79.6 Å². The molecule has 2 fully saturated rings. The van der Waals surface area contributed by atoms with E-state index in [1.807, 2.05) is 11.0 Å². The zero-order valence-corrected chi connectivity index (χ0v) is 13.7. The Labute approximate surface area is 137 Å². The quantitative estimate of drug-likeness (QED) is 0.449. The number of ether oxygens (including phenoxy) is 2. The lowest BCUT2D eigenvalue weighted by molar-refractivity contribution is -0.138. The number of hydrogen-bond donors (Lipinski definition) is 0. The van der Waals surface area contributed by atoms with Gasteiger partial charge in [0.1, 0.15) is 11.6 Å². The zero-order chi connectivity index (χ0) is 16.7. The smallest absolute Gasteiger partial charge is 0.348 e. The van der Waals surface area contributed by atoms with Gasteiger partial charge in [-0.2, -0.15) is 5.26 Å². The van der Waals surface area contributed by atoms with Crippen molar-refractivity contribution in [2.24, 2.45) is 0 Å². The first kappa shape index (κ1) is 17.5. The Morgan fingerprint density at radius 3 is 2.87 bits per heavy atom. The monoisotopic (exact) mass is 320 g/mol. The fraction of sp³-hybridized carbons (Fsp3) is 0.706. The zero-order valence-electron chi connectivity index (χ0n) is 13.7. The minimum absolute atomic E-state index is 0.0651. The Kier molecular flexibility index (Phi) is 6.60. The van der Waals surface area contributed by atoms with E-state index in [-0.39, 0.29) is 24.2 Å². The van der Waals surface area contributed by atoms with Gasteiger partial charge in [0, 0.05) is 26.1 Å². The molecular weight excluding hydrogens is 296 g/mol. The van der Waals surface area contributed by atoms with Crippen molar-refractivity contribution >= 4 is 11.9 Å². The van der Waals surface area contributed by atoms with Crippen molar-refractivity contribution in [3.63, 3.8) is 0 Å². The van der Waals surface area contributed by atoms with Gasteiger partial charge in [0.05, 0.1) is 12.7 Å². The highest BCUT2D eigenvalue weighted by Gasteiger charge is 2.26. The Bertz CT molecular complexity index is 515. The summed E-state index contributed by atoms with van der Waals surface area (Å²) in [5.74, 6) is -0.517. The molecule has 0 radical (unpaired) electrons. The van der Waals surface area contributed by atoms with E-state index in [1.165, 1.54) is 0 Å². The minimum atomic E-state index is -0.582. The Morgan fingerprint density at radius 1 is 1.39 bits per heavy atom. The summed E-state index contributed by atoms with van der Waals surface area (Å²) in [4.78, 5) is 25.9. The van der Waals surface area contributed by atoms with Gasteiger partial charge in [0.25, 0.3) is 0 Å². The van der Waals surface area contributed by atoms with Gasteiger partial charge in [0.2, 0.25) is 5.91 Å². The molecule has 2 rings (SSSR count). The number of carbonyl (C=O) groups is 2. The largest absolute Gasteiger partial charge is 0.462 e. The van der Waals surface area contributed by atoms with Gasteiger partial charge in [-0.05, 0) is 44.6 Å². The van der Waals surface area contributed by atoms with Crippen LogP contribution in [0.3, 0.4) is 0 Å². The normalized spacial score (nSPS) is 24.6. The highest BCUT2D eigenvalue weighted by molar-refractivity contribution is 5.94. The van der Waals surface area contributed by atoms with Crippen LogP contribution in [-0.2, 0) is 19.1 Å². The molecule has 0 aliphatic carbocycles. The molecular formula is C17H24N2O4. The molecule has 0 aromatic rings. The molecule has 0 aromatic heterocycles. The number of esters is 1. The van der Waals surface area contributed by atoms with Crippen molar-refractivity contribution in [1.29, 1.82) is 5.26 Å². The average Bonchev–Trinajstić information content (AvgIpc) is 2.73. The molecule has 2 aliphatic heterocycles. The number of nitriles is 1. The third-order valence-corrected chi connectivity index (χ3v) is 4.32. The summed E-state index contributed by atoms with van der Waals surface area (Å²) >= 11 is 0. The van der Waals surface area contributed by atoms with Gasteiger partial charge in [0.15, 0.2) is 0 Å². The SMILES string of the molecule is CCOC(=O)C(C#N)=C1CCC(=O)N(CC2CCCCO2)CC1. The van der Waals surface area contributed by atoms with Crippen LogP contribution in [0.2, 0.25) is 0 Å². The van der Waals surface area contributed by atoms with Crippen LogP contribution in [-0.4, -0.2) is 49.2 Å². The summed E-state index contributed by atoms with van der Waals surface area (Å²) in [6, 6.07) is 1.95. The molecule has 2 saturated heterocycles. The second-order valence-electron chi connectivity index (χ2n) is 5.89. The summed E-state index contributed by atoms with van der Waals surface area (Å²) < 4.78 is 10.6. The second kappa shape index (κ2) is 8.68. The van der Waals surface area contributed by atoms with Gasteiger partial charge < -0.3 is 14.4 Å². The molecule has 0 saturated carbocycles. The predicted octanol–water partition coefficient (Wildman–Crippen LogP) is 1.95. The molecule has 23 heavy (non-hydrogen) atoms. The molecule has 1 unspecified atom stereocenters. The van der Waals surface area contributed by atoms with Crippen molar-refractivity contribution in [1.82, 2.24) is 4.90 Å². The second-order valence-corrected chi connectivity index (χ2v) is 5.89. The Morgan fingerprint density at radius 2 is 2.22 bits per heavy atom. The van der Waals surface area contributed by atoms with Crippen LogP contribution < -0.4 is 0 Å². The van der Waals surface area contributed by atoms with Gasteiger partial charge in [-0.1, -0.05) is 0 Å². The van der Waals surface area contributed by atoms with Crippen LogP contribution >= 0.6 is 0 Å². The van der Waals surface area contributed by atoms with Crippen LogP contribution in [0, 0.1) is 11.3 Å². The van der Waals surface area contributed by atoms with E-state index in [2.05, 4.69) is 0 Å². The van der Waals surface area contributed by atoms with E-state index < -0.39 is 5.97 Å². The van der Waals surface area contributed by atoms with Crippen molar-refractivity contribution in [2.75, 3.05) is 26.3 Å². The summed E-state index contributed by atoms with van der Waals surface area (Å²) in [5.41, 5.74) is 0.793. The van der Waals surface area contributed by atoms with E-state index in [0.29, 0.717) is 32.4 Å². The Hall–Kier alpha value is -1.87. The lowest BCUT2D eigenvalue weighted by Gasteiger charge is -2.29. The summed E-state index contributed by atoms with van der Waals surface area (Å²) in [7, 11) is 0. The van der Waals surface area contributed by atoms with Crippen LogP contribution in [0.5, 0.6) is 0 Å². The first-order valence-corrected chi connectivity index (χ1v) is 8.34. The van der Waals surface area contributed by atoms with Crippen LogP contribution in [0.15, 0.2) is 11.1 Å². The maximum Gasteiger partial charge on any atom is 0.348 e. The Balaban J connectivity index is 2.02. The fourth-order valence-electron chi connectivity index (χ4n) is 3.05. The summed E-state index contributed by atoms with van der Waals surface area (Å²) in [5, 5.41) is 9.23. The highest BCUT2D eigenvalue weighted by Crippen LogP contribution is 2.23. The number of carbonyl (C=O) groups excluding carboxylic acids is 2. The number of likely N-dealkylation sites (tertiary alicyclic amines) is 1. The predicted molar refractivity (Wildman–Crippen MR) is 83.3 cm³/mol. The van der Waals surface area contributed by atoms with Gasteiger partial charge in [-0.3, -0.25) is 4.79 Å². The molecule has 0 bridgehead atoms. The lowest BCUT2D eigenvalue weighted by Crippen LogP contribution is -2.39. The van der Waals surface area contributed by atoms with Crippen LogP contribution in [0.4, 0.5) is 0 Å². The summed E-state index contributed by atoms with van der Waals surface area (Å²) in [6.07, 6.45) is 4.63. The fourth-order valence-corrected chi connectivity index (χ4v) is 3.05. The van der Waals surface area contributed by atoms with E-state index in [0.717, 1.165) is 31.4 Å². The molecule has 0 N–H and O–H groups in total. The highest BCUT2D eigenvalue weighted by atomic mass is 16.5. The maximum atomic E-state index is 12.3. The maximum absolute atomic E-state index is 12.3. The van der Waals surface area contributed by atoms with E-state index >= 15 is 0 Å². The molecule has 0 aromatic carbocycles. The molecule has 6 nitrogen and oxygen atoms in total. The standard InChI is InChI=1S/C17H24N2O4/c1-2-22-17(21)15(11-18)13-6-7-16(20)19(9-8-13)12-14-5-3-4-10-23-14/h14H,2-10,12H2,1H3. The van der Waals surface area contributed by atoms with Gasteiger partial charge >= 0.3 is 5.97 Å². The molecule has 0 spiro atoms. The lowest BCUT2D eigenvalue weighted by atomic mass is 10.0. The van der Waals surface area contributed by atoms with Crippen molar-refractivity contribution in [3.8, 4) is 6.07 Å². The number of rotatable bonds is 4. The van der Waals surface area contributed by atoms with Crippen molar-refractivity contribution < 1.29 is 19.1 Å². The molecule has 6 heteroatoms. The molecule has 126 valence electrons. The number of nitrogens with zero attached hydrogens (tertiary/aromatic N) is 2. The first-order valence-electron chi connectivity index (χ1n) is 8.34. The van der Waals surface area contributed by atoms with E-state index in [9.17, 15) is 14.9 Å². The number of amides is 1. The van der Waals surface area contributed by atoms with Gasteiger partial charge in [-0.15, -0.1) is 0 Å². The van der Waals surface area contributed by atoms with Crippen molar-refractivity contribution in [2.45, 2.75) is 51.6 Å². The first-order chi connectivity index (χ1) is 11.2. The van der Waals surface area contributed by atoms with Gasteiger partial charge in [-0.25, -0.2) is 4.79 Å². The molecule has 1 atom stereocenters. The van der Waals surface area contributed by atoms with Crippen LogP contribution in [0.25, 0.3) is 0 Å². The number of hydrogen-bond acceptors (Lipinski definition) is 5. The van der Waals surface area contributed by atoms with E-state index in [1.54, 1.807) is 6.92 Å². The summed E-state index contributed by atoms with van der Waals surface area (Å²) in [6.45, 7) is 3.84. The molecule has 2 heterocycles. The average molecular weight is 320 g/mol. The minimum Gasteiger partial charge on any atom is -0.462 e. The van der Waals surface area contributed by atoms with E-state index in [4.69, 9.17) is 9.47 Å². The van der Waals surface area contributed by atoms with Crippen LogP contribution in [0.1, 0.15) is 45.4 Å². The molecule has 2 aliphatic rings.